The third-order valence-electron chi connectivity index (χ3n) is 17.4. The Labute approximate surface area is 460 Å². The van der Waals surface area contributed by atoms with E-state index in [1.165, 1.54) is 11.1 Å². The molecule has 0 radical (unpaired) electrons. The van der Waals surface area contributed by atoms with E-state index in [1.807, 2.05) is 24.3 Å². The molecule has 8 rings (SSSR count). The summed E-state index contributed by atoms with van der Waals surface area (Å²) in [6, 6.07) is 10.5. The van der Waals surface area contributed by atoms with Crippen LogP contribution in [0.5, 0.6) is 0 Å². The van der Waals surface area contributed by atoms with Crippen molar-refractivity contribution in [3.63, 3.8) is 0 Å². The molecule has 4 saturated heterocycles. The van der Waals surface area contributed by atoms with Gasteiger partial charge in [0.1, 0.15) is 24.2 Å². The maximum Gasteiger partial charge on any atom is 0.317 e. The molecular formula is C58H86N12O8. The van der Waals surface area contributed by atoms with Crippen LogP contribution < -0.4 is 42.5 Å². The molecule has 0 aromatic heterocycles. The van der Waals surface area contributed by atoms with E-state index in [0.717, 1.165) is 88.2 Å². The molecule has 0 unspecified atom stereocenters. The molecule has 2 aromatic rings. The van der Waals surface area contributed by atoms with Crippen LogP contribution in [0.25, 0.3) is 0 Å². The minimum atomic E-state index is -1.02. The number of fused-ring (bicyclic) bond motifs is 4. The number of carbonyl (C=O) groups is 8. The molecule has 4 heterocycles. The van der Waals surface area contributed by atoms with Crippen LogP contribution in [0.2, 0.25) is 0 Å². The lowest BCUT2D eigenvalue weighted by molar-refractivity contribution is -0.145. The number of amides is 10. The van der Waals surface area contributed by atoms with Crippen LogP contribution >= 0.6 is 0 Å². The molecule has 8 N–H and O–H groups in total. The second kappa shape index (κ2) is 27.5. The van der Waals surface area contributed by atoms with E-state index >= 15 is 0 Å². The quantitative estimate of drug-likeness (QED) is 0.0953. The highest BCUT2D eigenvalue weighted by atomic mass is 16.2. The molecule has 10 atom stereocenters. The number of aryl methyl sites for hydroxylation is 2. The number of benzene rings is 2. The van der Waals surface area contributed by atoms with E-state index in [9.17, 15) is 38.4 Å². The summed E-state index contributed by atoms with van der Waals surface area (Å²) in [5, 5.41) is 24.2. The van der Waals surface area contributed by atoms with Crippen LogP contribution in [-0.4, -0.2) is 169 Å². The van der Waals surface area contributed by atoms with Crippen molar-refractivity contribution >= 4 is 47.5 Å². The molecule has 0 saturated carbocycles. The zero-order valence-corrected chi connectivity index (χ0v) is 46.4. The van der Waals surface area contributed by atoms with Gasteiger partial charge < -0.3 is 62.1 Å². The molecule has 78 heavy (non-hydrogen) atoms. The van der Waals surface area contributed by atoms with Crippen molar-refractivity contribution in [1.82, 2.24) is 62.1 Å². The SMILES string of the molecule is CN[C@@H](C)C(=O)N[C@H]1CN(C(=O)NCCCCCCCCNC(=O)N2CC[C@H]3CC[C@@H](C(=O)N[C@@H]4CCCc5ccccc54)N3C(=O)[C@@H](NC(=O)[C@H](C)NC)C2)CC[C@H]2CC[C@@H](C(=O)N[C@@H]3CCCc4ccccc43)N2C1=O. The fourth-order valence-electron chi connectivity index (χ4n) is 12.6. The Bertz CT molecular complexity index is 2290. The molecule has 6 aliphatic rings. The molecule has 10 amide bonds. The van der Waals surface area contributed by atoms with Crippen LogP contribution in [0.3, 0.4) is 0 Å². The number of nitrogens with one attached hydrogen (secondary N) is 8. The van der Waals surface area contributed by atoms with Gasteiger partial charge in [-0.25, -0.2) is 9.59 Å². The highest BCUT2D eigenvalue weighted by molar-refractivity contribution is 5.96. The standard InChI is InChI=1S/C58H86N12O8/c1-37(59-3)51(71)65-47-35-67(33-29-41-25-27-49(69(41)55(47)75)53(73)63-45-23-15-19-39-17-9-11-21-43(39)45)57(77)61-31-13-7-5-6-8-14-32-62-58(78)68-34-30-42-26-28-50(70(42)56(76)48(36-68)66-52(72)38(2)60-4)54(74)64-46-24-16-20-40-18-10-12-22-44(40)46/h9-12,17-18,21-22,37-38,41-42,45-50,59-60H,5-8,13-16,19-20,23-36H2,1-4H3,(H,61,77)(H,62,78)(H,63,73)(H,64,74)(H,65,71)(H,66,72)/t37-,38-,41+,42+,45+,46+,47-,48-,49-,50-/m0/s1. The van der Waals surface area contributed by atoms with Gasteiger partial charge in [0.15, 0.2) is 0 Å². The first-order valence-corrected chi connectivity index (χ1v) is 29.2. The Balaban J connectivity index is 0.763. The van der Waals surface area contributed by atoms with Crippen LogP contribution in [0.4, 0.5) is 9.59 Å². The Morgan fingerprint density at radius 1 is 0.500 bits per heavy atom. The van der Waals surface area contributed by atoms with Gasteiger partial charge in [-0.3, -0.25) is 28.8 Å². The van der Waals surface area contributed by atoms with E-state index < -0.39 is 36.3 Å². The summed E-state index contributed by atoms with van der Waals surface area (Å²) in [4.78, 5) is 117. The maximum absolute atomic E-state index is 14.5. The van der Waals surface area contributed by atoms with Crippen molar-refractivity contribution in [1.29, 1.82) is 0 Å². The monoisotopic (exact) mass is 1080 g/mol. The summed E-state index contributed by atoms with van der Waals surface area (Å²) < 4.78 is 0. The first-order valence-electron chi connectivity index (χ1n) is 29.2. The third-order valence-corrected chi connectivity index (χ3v) is 17.4. The number of rotatable bonds is 19. The summed E-state index contributed by atoms with van der Waals surface area (Å²) >= 11 is 0. The van der Waals surface area contributed by atoms with Crippen molar-refractivity contribution in [2.45, 2.75) is 190 Å². The second-order valence-corrected chi connectivity index (χ2v) is 22.5. The lowest BCUT2D eigenvalue weighted by Gasteiger charge is -2.39. The van der Waals surface area contributed by atoms with Gasteiger partial charge in [0.2, 0.25) is 35.4 Å². The van der Waals surface area contributed by atoms with Gasteiger partial charge in [0.25, 0.3) is 0 Å². The average Bonchev–Trinajstić information content (AvgIpc) is 4.08. The molecule has 426 valence electrons. The van der Waals surface area contributed by atoms with E-state index in [4.69, 9.17) is 0 Å². The van der Waals surface area contributed by atoms with Gasteiger partial charge in [-0.05, 0) is 140 Å². The average molecular weight is 1080 g/mol. The molecule has 20 nitrogen and oxygen atoms in total. The highest BCUT2D eigenvalue weighted by Crippen LogP contribution is 2.35. The van der Waals surface area contributed by atoms with Crippen LogP contribution in [0.1, 0.15) is 151 Å². The van der Waals surface area contributed by atoms with Gasteiger partial charge in [-0.1, -0.05) is 74.2 Å². The fraction of sp³-hybridized carbons (Fsp3) is 0.655. The van der Waals surface area contributed by atoms with Gasteiger partial charge in [-0.2, -0.15) is 0 Å². The van der Waals surface area contributed by atoms with Crippen LogP contribution in [0.15, 0.2) is 48.5 Å². The van der Waals surface area contributed by atoms with Crippen molar-refractivity contribution in [2.75, 3.05) is 53.4 Å². The second-order valence-electron chi connectivity index (χ2n) is 22.5. The Kier molecular flexibility index (Phi) is 20.4. The molecule has 0 bridgehead atoms. The van der Waals surface area contributed by atoms with E-state index in [1.54, 1.807) is 47.5 Å². The predicted molar refractivity (Wildman–Crippen MR) is 296 cm³/mol. The van der Waals surface area contributed by atoms with Crippen LogP contribution in [0, 0.1) is 0 Å². The number of hydrogen-bond donors (Lipinski definition) is 8. The summed E-state index contributed by atoms with van der Waals surface area (Å²) in [7, 11) is 3.33. The van der Waals surface area contributed by atoms with Gasteiger partial charge >= 0.3 is 12.1 Å². The number of urea groups is 2. The predicted octanol–water partition coefficient (Wildman–Crippen LogP) is 3.45. The minimum Gasteiger partial charge on any atom is -0.347 e. The summed E-state index contributed by atoms with van der Waals surface area (Å²) in [5.41, 5.74) is 4.72. The number of nitrogens with zero attached hydrogens (tertiary/aromatic N) is 4. The first-order chi connectivity index (χ1) is 37.8. The Morgan fingerprint density at radius 2 is 0.897 bits per heavy atom. The molecule has 2 aliphatic carbocycles. The van der Waals surface area contributed by atoms with Gasteiger partial charge in [0, 0.05) is 38.3 Å². The van der Waals surface area contributed by atoms with Crippen molar-refractivity contribution in [3.05, 3.63) is 70.8 Å². The number of hydrogen-bond acceptors (Lipinski definition) is 10. The Hall–Kier alpha value is -6.28. The van der Waals surface area contributed by atoms with E-state index in [2.05, 4.69) is 66.8 Å². The highest BCUT2D eigenvalue weighted by Gasteiger charge is 2.48. The summed E-state index contributed by atoms with van der Waals surface area (Å²) in [6.45, 7) is 5.01. The molecule has 2 aromatic carbocycles. The van der Waals surface area contributed by atoms with Crippen LogP contribution in [-0.2, 0) is 41.6 Å². The smallest absolute Gasteiger partial charge is 0.317 e. The maximum atomic E-state index is 14.5. The lowest BCUT2D eigenvalue weighted by atomic mass is 9.87. The van der Waals surface area contributed by atoms with Gasteiger partial charge in [0.05, 0.1) is 37.3 Å². The normalized spacial score (nSPS) is 25.8. The fourth-order valence-corrected chi connectivity index (χ4v) is 12.6. The topological polar surface area (TPSA) is 246 Å². The van der Waals surface area contributed by atoms with Gasteiger partial charge in [-0.15, -0.1) is 0 Å². The van der Waals surface area contributed by atoms with E-state index in [-0.39, 0.29) is 84.8 Å². The first kappa shape index (κ1) is 57.9. The summed E-state index contributed by atoms with van der Waals surface area (Å²) in [5.74, 6) is -1.79. The molecule has 4 aliphatic heterocycles. The zero-order valence-electron chi connectivity index (χ0n) is 46.4. The third kappa shape index (κ3) is 14.1. The largest absolute Gasteiger partial charge is 0.347 e. The summed E-state index contributed by atoms with van der Waals surface area (Å²) in [6.07, 6.45) is 14.0. The number of unbranched alkanes of at least 4 members (excludes halogenated alkanes) is 5. The van der Waals surface area contributed by atoms with Crippen molar-refractivity contribution in [2.24, 2.45) is 0 Å². The number of likely N-dealkylation sites (N-methyl/N-ethyl adjacent to an activating group) is 2. The molecule has 4 fully saturated rings. The van der Waals surface area contributed by atoms with Crippen molar-refractivity contribution in [3.8, 4) is 0 Å². The molecule has 20 heteroatoms. The zero-order chi connectivity index (χ0) is 55.3. The molecular weight excluding hydrogens is 993 g/mol. The van der Waals surface area contributed by atoms with E-state index in [0.29, 0.717) is 64.7 Å². The molecule has 0 spiro atoms. The Morgan fingerprint density at radius 3 is 1.31 bits per heavy atom. The van der Waals surface area contributed by atoms with Crippen molar-refractivity contribution < 1.29 is 38.4 Å². The minimum absolute atomic E-state index is 0.0175. The lowest BCUT2D eigenvalue weighted by Crippen LogP contribution is -2.63. The number of carbonyl (C=O) groups excluding carboxylic acids is 8.